The number of rotatable bonds is 4. The summed E-state index contributed by atoms with van der Waals surface area (Å²) in [6.45, 7) is 0. The maximum Gasteiger partial charge on any atom is 0.416 e. The monoisotopic (exact) mass is 265 g/mol. The Hall–Kier alpha value is -1.63. The van der Waals surface area contributed by atoms with Gasteiger partial charge < -0.3 is 4.84 Å². The molecule has 0 atom stereocenters. The third kappa shape index (κ3) is 4.33. The van der Waals surface area contributed by atoms with Gasteiger partial charge in [0, 0.05) is 7.05 Å². The zero-order valence-electron chi connectivity index (χ0n) is 9.47. The molecule has 1 aromatic carbocycles. The second kappa shape index (κ2) is 5.81. The van der Waals surface area contributed by atoms with Gasteiger partial charge in [-0.2, -0.15) is 18.7 Å². The lowest BCUT2D eigenvalue weighted by molar-refractivity contribution is -0.149. The molecule has 1 rings (SSSR count). The first kappa shape index (κ1) is 14.4. The first-order chi connectivity index (χ1) is 8.32. The summed E-state index contributed by atoms with van der Waals surface area (Å²) < 4.78 is 50.2. The van der Waals surface area contributed by atoms with Crippen LogP contribution < -0.4 is 5.48 Å². The van der Waals surface area contributed by atoms with E-state index in [-0.39, 0.29) is 18.4 Å². The molecule has 1 aromatic rings. The van der Waals surface area contributed by atoms with Gasteiger partial charge in [-0.15, -0.1) is 0 Å². The van der Waals surface area contributed by atoms with Crippen molar-refractivity contribution in [3.8, 4) is 0 Å². The van der Waals surface area contributed by atoms with Gasteiger partial charge in [0.15, 0.2) is 0 Å². The van der Waals surface area contributed by atoms with Crippen molar-refractivity contribution >= 4 is 5.97 Å². The molecule has 0 radical (unpaired) electrons. The van der Waals surface area contributed by atoms with E-state index in [1.165, 1.54) is 7.05 Å². The van der Waals surface area contributed by atoms with Crippen LogP contribution in [0.3, 0.4) is 0 Å². The Morgan fingerprint density at radius 2 is 2.00 bits per heavy atom. The largest absolute Gasteiger partial charge is 0.416 e. The maximum absolute atomic E-state index is 13.0. The third-order valence-electron chi connectivity index (χ3n) is 2.12. The molecule has 3 nitrogen and oxygen atoms in total. The minimum absolute atomic E-state index is 0.0264. The van der Waals surface area contributed by atoms with E-state index in [2.05, 4.69) is 10.3 Å². The molecule has 0 amide bonds. The molecular formula is C11H11F4NO2. The standard InChI is InChI=1S/C11H11F4NO2/c1-16-18-10(17)3-2-7-4-8(11(13,14)15)6-9(12)5-7/h4-6,16H,2-3H2,1H3. The van der Waals surface area contributed by atoms with E-state index in [4.69, 9.17) is 0 Å². The van der Waals surface area contributed by atoms with Gasteiger partial charge in [0.2, 0.25) is 0 Å². The van der Waals surface area contributed by atoms with Crippen LogP contribution in [0.15, 0.2) is 18.2 Å². The number of carbonyl (C=O) groups is 1. The van der Waals surface area contributed by atoms with Crippen molar-refractivity contribution in [2.24, 2.45) is 0 Å². The molecule has 0 aliphatic carbocycles. The van der Waals surface area contributed by atoms with Crippen LogP contribution in [-0.2, 0) is 22.2 Å². The van der Waals surface area contributed by atoms with Gasteiger partial charge in [0.25, 0.3) is 0 Å². The molecule has 0 saturated carbocycles. The van der Waals surface area contributed by atoms with Crippen molar-refractivity contribution in [1.29, 1.82) is 0 Å². The van der Waals surface area contributed by atoms with Gasteiger partial charge in [-0.25, -0.2) is 4.39 Å². The average molecular weight is 265 g/mol. The lowest BCUT2D eigenvalue weighted by atomic mass is 10.1. The smallest absolute Gasteiger partial charge is 0.371 e. The van der Waals surface area contributed by atoms with Crippen LogP contribution in [0.4, 0.5) is 17.6 Å². The normalized spacial score (nSPS) is 11.4. The lowest BCUT2D eigenvalue weighted by Gasteiger charge is -2.09. The molecule has 0 saturated heterocycles. The third-order valence-corrected chi connectivity index (χ3v) is 2.12. The molecule has 0 bridgehead atoms. The summed E-state index contributed by atoms with van der Waals surface area (Å²) in [5, 5.41) is 0. The lowest BCUT2D eigenvalue weighted by Crippen LogP contribution is -2.15. The molecule has 0 aliphatic rings. The fraction of sp³-hybridized carbons (Fsp3) is 0.364. The summed E-state index contributed by atoms with van der Waals surface area (Å²) in [7, 11) is 1.38. The highest BCUT2D eigenvalue weighted by atomic mass is 19.4. The van der Waals surface area contributed by atoms with E-state index in [0.717, 1.165) is 12.1 Å². The second-order valence-electron chi connectivity index (χ2n) is 3.52. The van der Waals surface area contributed by atoms with Crippen LogP contribution in [0.1, 0.15) is 17.5 Å². The fourth-order valence-electron chi connectivity index (χ4n) is 1.37. The molecule has 0 heterocycles. The van der Waals surface area contributed by atoms with Gasteiger partial charge in [0.1, 0.15) is 5.82 Å². The SMILES string of the molecule is CNOC(=O)CCc1cc(F)cc(C(F)(F)F)c1. The predicted octanol–water partition coefficient (Wildman–Crippen LogP) is 2.45. The zero-order chi connectivity index (χ0) is 13.8. The first-order valence-corrected chi connectivity index (χ1v) is 5.06. The molecular weight excluding hydrogens is 254 g/mol. The van der Waals surface area contributed by atoms with Gasteiger partial charge in [-0.05, 0) is 30.2 Å². The van der Waals surface area contributed by atoms with Crippen LogP contribution in [0, 0.1) is 5.82 Å². The number of halogens is 4. The summed E-state index contributed by atoms with van der Waals surface area (Å²) in [6.07, 6.45) is -4.77. The molecule has 100 valence electrons. The molecule has 0 aliphatic heterocycles. The minimum atomic E-state index is -4.61. The van der Waals surface area contributed by atoms with Crippen LogP contribution in [0.2, 0.25) is 0 Å². The predicted molar refractivity (Wildman–Crippen MR) is 54.9 cm³/mol. The van der Waals surface area contributed by atoms with Gasteiger partial charge in [-0.1, -0.05) is 0 Å². The first-order valence-electron chi connectivity index (χ1n) is 5.06. The van der Waals surface area contributed by atoms with Gasteiger partial charge in [0.05, 0.1) is 12.0 Å². The Bertz CT molecular complexity index is 432. The van der Waals surface area contributed by atoms with Crippen molar-refractivity contribution in [2.45, 2.75) is 19.0 Å². The van der Waals surface area contributed by atoms with Crippen molar-refractivity contribution in [1.82, 2.24) is 5.48 Å². The van der Waals surface area contributed by atoms with Crippen molar-refractivity contribution in [3.63, 3.8) is 0 Å². The van der Waals surface area contributed by atoms with E-state index >= 15 is 0 Å². The molecule has 0 unspecified atom stereocenters. The minimum Gasteiger partial charge on any atom is -0.371 e. The number of aryl methyl sites for hydroxylation is 1. The molecule has 1 N–H and O–H groups in total. The second-order valence-corrected chi connectivity index (χ2v) is 3.52. The van der Waals surface area contributed by atoms with Crippen LogP contribution in [-0.4, -0.2) is 13.0 Å². The van der Waals surface area contributed by atoms with E-state index < -0.39 is 23.5 Å². The van der Waals surface area contributed by atoms with Crippen LogP contribution in [0.25, 0.3) is 0 Å². The zero-order valence-corrected chi connectivity index (χ0v) is 9.47. The van der Waals surface area contributed by atoms with Crippen molar-refractivity contribution in [2.75, 3.05) is 7.05 Å². The van der Waals surface area contributed by atoms with E-state index in [1.54, 1.807) is 0 Å². The fourth-order valence-corrected chi connectivity index (χ4v) is 1.37. The number of hydroxylamine groups is 1. The molecule has 0 spiro atoms. The molecule has 7 heteroatoms. The average Bonchev–Trinajstić information content (AvgIpc) is 2.25. The topological polar surface area (TPSA) is 38.3 Å². The quantitative estimate of drug-likeness (QED) is 0.671. The van der Waals surface area contributed by atoms with E-state index in [1.807, 2.05) is 0 Å². The molecule has 0 aromatic heterocycles. The Morgan fingerprint density at radius 3 is 2.56 bits per heavy atom. The number of carbonyl (C=O) groups excluding carboxylic acids is 1. The summed E-state index contributed by atoms with van der Waals surface area (Å²) in [5.41, 5.74) is 1.17. The van der Waals surface area contributed by atoms with E-state index in [9.17, 15) is 22.4 Å². The summed E-state index contributed by atoms with van der Waals surface area (Å²) in [5.74, 6) is -1.61. The molecule has 0 fully saturated rings. The highest BCUT2D eigenvalue weighted by Crippen LogP contribution is 2.30. The summed E-state index contributed by atoms with van der Waals surface area (Å²) >= 11 is 0. The van der Waals surface area contributed by atoms with E-state index in [0.29, 0.717) is 6.07 Å². The summed E-state index contributed by atoms with van der Waals surface area (Å²) in [4.78, 5) is 15.4. The molecule has 18 heavy (non-hydrogen) atoms. The van der Waals surface area contributed by atoms with Crippen LogP contribution in [0.5, 0.6) is 0 Å². The van der Waals surface area contributed by atoms with Crippen LogP contribution >= 0.6 is 0 Å². The number of hydrogen-bond acceptors (Lipinski definition) is 3. The number of hydrogen-bond donors (Lipinski definition) is 1. The maximum atomic E-state index is 13.0. The Balaban J connectivity index is 2.78. The Morgan fingerprint density at radius 1 is 1.33 bits per heavy atom. The van der Waals surface area contributed by atoms with Crippen molar-refractivity contribution in [3.05, 3.63) is 35.1 Å². The Labute approximate surface area is 101 Å². The van der Waals surface area contributed by atoms with Gasteiger partial charge in [-0.3, -0.25) is 4.79 Å². The number of alkyl halides is 3. The highest BCUT2D eigenvalue weighted by molar-refractivity contribution is 5.69. The number of benzene rings is 1. The number of nitrogens with one attached hydrogen (secondary N) is 1. The highest BCUT2D eigenvalue weighted by Gasteiger charge is 2.31. The summed E-state index contributed by atoms with van der Waals surface area (Å²) in [6, 6.07) is 2.19. The van der Waals surface area contributed by atoms with Crippen molar-refractivity contribution < 1.29 is 27.2 Å². The Kier molecular flexibility index (Phi) is 4.66. The van der Waals surface area contributed by atoms with Gasteiger partial charge >= 0.3 is 12.1 Å².